The maximum Gasteiger partial charge on any atom is 0.278 e. The molecule has 0 N–H and O–H groups in total. The van der Waals surface area contributed by atoms with Crippen LogP contribution in [-0.4, -0.2) is 20.9 Å². The smallest absolute Gasteiger partial charge is 0.278 e. The van der Waals surface area contributed by atoms with Gasteiger partial charge < -0.3 is 4.74 Å². The first-order valence-corrected chi connectivity index (χ1v) is 12.7. The van der Waals surface area contributed by atoms with Gasteiger partial charge in [-0.15, -0.1) is 0 Å². The number of aryl methyl sites for hydroxylation is 2. The van der Waals surface area contributed by atoms with Crippen LogP contribution in [-0.2, 0) is 21.2 Å². The molecule has 0 aliphatic heterocycles. The Morgan fingerprint density at radius 1 is 1.00 bits per heavy atom. The number of hydrogen-bond donors (Lipinski definition) is 0. The lowest BCUT2D eigenvalue weighted by atomic mass is 10.1. The van der Waals surface area contributed by atoms with Crippen LogP contribution in [0.1, 0.15) is 30.9 Å². The Labute approximate surface area is 198 Å². The molecule has 0 saturated carbocycles. The molecule has 3 aromatic rings. The van der Waals surface area contributed by atoms with Gasteiger partial charge in [0.2, 0.25) is 0 Å². The number of hydrogen-bond acceptors (Lipinski definition) is 4. The summed E-state index contributed by atoms with van der Waals surface area (Å²) in [5.41, 5.74) is 2.41. The van der Waals surface area contributed by atoms with Crippen molar-refractivity contribution in [3.05, 3.63) is 88.4 Å². The van der Waals surface area contributed by atoms with Crippen LogP contribution in [0.25, 0.3) is 0 Å². The largest absolute Gasteiger partial charge is 0.483 e. The van der Waals surface area contributed by atoms with E-state index >= 15 is 0 Å². The van der Waals surface area contributed by atoms with Gasteiger partial charge in [-0.2, -0.15) is 4.31 Å². The van der Waals surface area contributed by atoms with E-state index in [9.17, 15) is 13.2 Å². The van der Waals surface area contributed by atoms with Crippen molar-refractivity contribution in [2.45, 2.75) is 38.0 Å². The summed E-state index contributed by atoms with van der Waals surface area (Å²) in [5.74, 6) is -0.210. The van der Waals surface area contributed by atoms with Gasteiger partial charge in [-0.25, -0.2) is 8.42 Å². The Morgan fingerprint density at radius 2 is 1.69 bits per heavy atom. The highest BCUT2D eigenvalue weighted by Gasteiger charge is 2.31. The van der Waals surface area contributed by atoms with Crippen molar-refractivity contribution in [2.24, 2.45) is 0 Å². The summed E-state index contributed by atoms with van der Waals surface area (Å²) in [6.45, 7) is 3.64. The van der Waals surface area contributed by atoms with Gasteiger partial charge >= 0.3 is 0 Å². The molecule has 0 heterocycles. The van der Waals surface area contributed by atoms with Crippen LogP contribution < -0.4 is 9.04 Å². The lowest BCUT2D eigenvalue weighted by molar-refractivity contribution is -0.119. The molecule has 168 valence electrons. The summed E-state index contributed by atoms with van der Waals surface area (Å²) in [5, 5.41) is 0. The van der Waals surface area contributed by atoms with Gasteiger partial charge in [0.25, 0.3) is 15.9 Å². The van der Waals surface area contributed by atoms with Crippen molar-refractivity contribution in [3.63, 3.8) is 0 Å². The fourth-order valence-corrected chi connectivity index (χ4v) is 5.25. The predicted molar refractivity (Wildman–Crippen MR) is 131 cm³/mol. The molecule has 0 unspecified atom stereocenters. The van der Waals surface area contributed by atoms with Gasteiger partial charge in [-0.3, -0.25) is 4.79 Å². The van der Waals surface area contributed by atoms with Crippen molar-refractivity contribution in [1.29, 1.82) is 0 Å². The number of rotatable bonds is 9. The molecule has 1 amide bonds. The third-order valence-electron chi connectivity index (χ3n) is 4.94. The molecule has 0 bridgehead atoms. The highest BCUT2D eigenvalue weighted by atomic mass is 79.9. The minimum atomic E-state index is -4.11. The standard InChI is InChI=1S/C25H26BrNO4S/c1-3-4-8-20-12-14-21(15-13-20)27(32(29,30)22-9-6-5-7-10-22)25(28)18-31-24-16-11-19(2)17-23(24)26/h5-7,9-17H,3-4,8,18H2,1-2H3. The quantitative estimate of drug-likeness (QED) is 0.355. The number of halogens is 1. The number of sulfonamides is 1. The zero-order chi connectivity index (χ0) is 23.1. The minimum absolute atomic E-state index is 0.0416. The molecule has 0 radical (unpaired) electrons. The van der Waals surface area contributed by atoms with Gasteiger partial charge in [0, 0.05) is 0 Å². The van der Waals surface area contributed by atoms with E-state index in [1.54, 1.807) is 36.4 Å². The van der Waals surface area contributed by atoms with Crippen LogP contribution in [0.15, 0.2) is 82.2 Å². The number of carbonyl (C=O) groups excluding carboxylic acids is 1. The Morgan fingerprint density at radius 3 is 2.31 bits per heavy atom. The second-order valence-corrected chi connectivity index (χ2v) is 10.1. The summed E-state index contributed by atoms with van der Waals surface area (Å²) in [7, 11) is -4.11. The van der Waals surface area contributed by atoms with E-state index < -0.39 is 22.5 Å². The van der Waals surface area contributed by atoms with E-state index in [0.29, 0.717) is 10.2 Å². The van der Waals surface area contributed by atoms with Crippen LogP contribution in [0.2, 0.25) is 0 Å². The molecular formula is C25H26BrNO4S. The third kappa shape index (κ3) is 5.78. The second kappa shape index (κ2) is 10.8. The normalized spacial score (nSPS) is 11.2. The van der Waals surface area contributed by atoms with Gasteiger partial charge in [0.15, 0.2) is 6.61 Å². The van der Waals surface area contributed by atoms with Crippen molar-refractivity contribution in [1.82, 2.24) is 0 Å². The second-order valence-electron chi connectivity index (χ2n) is 7.47. The Hall–Kier alpha value is -2.64. The van der Waals surface area contributed by atoms with E-state index in [1.807, 2.05) is 31.2 Å². The van der Waals surface area contributed by atoms with Crippen molar-refractivity contribution < 1.29 is 17.9 Å². The summed E-state index contributed by atoms with van der Waals surface area (Å²) < 4.78 is 34.0. The Balaban J connectivity index is 1.92. The monoisotopic (exact) mass is 515 g/mol. The molecule has 0 aliphatic carbocycles. The lowest BCUT2D eigenvalue weighted by Gasteiger charge is -2.23. The molecule has 0 aliphatic rings. The molecule has 7 heteroatoms. The number of unbranched alkanes of at least 4 members (excludes halogenated alkanes) is 1. The number of ether oxygens (including phenoxy) is 1. The van der Waals surface area contributed by atoms with Crippen LogP contribution in [0.5, 0.6) is 5.75 Å². The van der Waals surface area contributed by atoms with Gasteiger partial charge in [0.1, 0.15) is 5.75 Å². The minimum Gasteiger partial charge on any atom is -0.483 e. The number of benzene rings is 3. The molecule has 0 saturated heterocycles. The summed E-state index contributed by atoms with van der Waals surface area (Å²) in [4.78, 5) is 13.2. The van der Waals surface area contributed by atoms with Crippen LogP contribution in [0.4, 0.5) is 5.69 Å². The zero-order valence-electron chi connectivity index (χ0n) is 18.1. The van der Waals surface area contributed by atoms with Crippen LogP contribution >= 0.6 is 15.9 Å². The SMILES string of the molecule is CCCCc1ccc(N(C(=O)COc2ccc(C)cc2Br)S(=O)(=O)c2ccccc2)cc1. The Bertz CT molecular complexity index is 1160. The lowest BCUT2D eigenvalue weighted by Crippen LogP contribution is -2.40. The maximum atomic E-state index is 13.4. The van der Waals surface area contributed by atoms with E-state index in [-0.39, 0.29) is 10.6 Å². The first-order chi connectivity index (χ1) is 15.3. The highest BCUT2D eigenvalue weighted by molar-refractivity contribution is 9.10. The summed E-state index contributed by atoms with van der Waals surface area (Å²) in [6, 6.07) is 20.5. The van der Waals surface area contributed by atoms with E-state index in [4.69, 9.17) is 4.74 Å². The molecule has 0 spiro atoms. The van der Waals surface area contributed by atoms with Crippen LogP contribution in [0.3, 0.4) is 0 Å². The molecule has 0 aromatic heterocycles. The molecule has 5 nitrogen and oxygen atoms in total. The molecule has 0 fully saturated rings. The first kappa shape index (κ1) is 24.0. The molecule has 3 rings (SSSR count). The zero-order valence-corrected chi connectivity index (χ0v) is 20.5. The summed E-state index contributed by atoms with van der Waals surface area (Å²) in [6.07, 6.45) is 3.02. The Kier molecular flexibility index (Phi) is 8.10. The van der Waals surface area contributed by atoms with Crippen molar-refractivity contribution >= 4 is 37.5 Å². The third-order valence-corrected chi connectivity index (χ3v) is 7.32. The van der Waals surface area contributed by atoms with Crippen molar-refractivity contribution in [2.75, 3.05) is 10.9 Å². The van der Waals surface area contributed by atoms with Gasteiger partial charge in [0.05, 0.1) is 15.1 Å². The highest BCUT2D eigenvalue weighted by Crippen LogP contribution is 2.28. The summed E-state index contributed by atoms with van der Waals surface area (Å²) >= 11 is 3.42. The average Bonchev–Trinajstić information content (AvgIpc) is 2.78. The van der Waals surface area contributed by atoms with E-state index in [1.165, 1.54) is 12.1 Å². The van der Waals surface area contributed by atoms with Crippen molar-refractivity contribution in [3.8, 4) is 5.75 Å². The number of carbonyl (C=O) groups is 1. The average molecular weight is 516 g/mol. The van der Waals surface area contributed by atoms with E-state index in [0.717, 1.165) is 34.7 Å². The van der Waals surface area contributed by atoms with Gasteiger partial charge in [-0.05, 0) is 83.2 Å². The van der Waals surface area contributed by atoms with Gasteiger partial charge in [-0.1, -0.05) is 49.7 Å². The molecule has 32 heavy (non-hydrogen) atoms. The van der Waals surface area contributed by atoms with Crippen LogP contribution in [0, 0.1) is 6.92 Å². The predicted octanol–water partition coefficient (Wildman–Crippen LogP) is 5.90. The number of nitrogens with zero attached hydrogens (tertiary/aromatic N) is 1. The topological polar surface area (TPSA) is 63.7 Å². The molecule has 3 aromatic carbocycles. The maximum absolute atomic E-state index is 13.4. The first-order valence-electron chi connectivity index (χ1n) is 10.4. The molecule has 0 atom stereocenters. The van der Waals surface area contributed by atoms with E-state index in [2.05, 4.69) is 22.9 Å². The fraction of sp³-hybridized carbons (Fsp3) is 0.240. The fourth-order valence-electron chi connectivity index (χ4n) is 3.21. The molecular weight excluding hydrogens is 490 g/mol. The number of amides is 1. The number of anilines is 1.